The van der Waals surface area contributed by atoms with E-state index in [1.807, 2.05) is 24.4 Å². The van der Waals surface area contributed by atoms with Gasteiger partial charge >= 0.3 is 5.97 Å². The molecule has 0 unspecified atom stereocenters. The number of nitrogens with zero attached hydrogens (tertiary/aromatic N) is 1. The summed E-state index contributed by atoms with van der Waals surface area (Å²) in [6, 6.07) is 7.94. The quantitative estimate of drug-likeness (QED) is 0.555. The molecule has 0 aliphatic carbocycles. The third-order valence-electron chi connectivity index (χ3n) is 5.67. The lowest BCUT2D eigenvalue weighted by atomic mass is 10.0. The SMILES string of the molecule is COC(=O)c1cc2n(c1)CCOc1cccc(CO[Si](C)(C)C(C)(C)C)c1-2. The molecule has 0 amide bonds. The van der Waals surface area contributed by atoms with Gasteiger partial charge in [0.2, 0.25) is 0 Å². The normalized spacial score (nSPS) is 14.0. The molecular formula is C21H29NO4Si. The van der Waals surface area contributed by atoms with Gasteiger partial charge in [0.25, 0.3) is 0 Å². The highest BCUT2D eigenvalue weighted by atomic mass is 28.4. The number of hydrogen-bond donors (Lipinski definition) is 0. The fraction of sp³-hybridized carbons (Fsp3) is 0.476. The summed E-state index contributed by atoms with van der Waals surface area (Å²) in [5, 5.41) is 0.146. The number of ether oxygens (including phenoxy) is 2. The van der Waals surface area contributed by atoms with Gasteiger partial charge in [-0.05, 0) is 35.8 Å². The lowest BCUT2D eigenvalue weighted by molar-refractivity contribution is 0.0600. The van der Waals surface area contributed by atoms with Crippen molar-refractivity contribution in [2.24, 2.45) is 0 Å². The smallest absolute Gasteiger partial charge is 0.339 e. The Balaban J connectivity index is 2.01. The Morgan fingerprint density at radius 1 is 1.30 bits per heavy atom. The van der Waals surface area contributed by atoms with Crippen molar-refractivity contribution in [3.63, 3.8) is 0 Å². The van der Waals surface area contributed by atoms with Crippen LogP contribution in [-0.4, -0.2) is 32.6 Å². The van der Waals surface area contributed by atoms with Gasteiger partial charge in [0.05, 0.1) is 31.5 Å². The number of carbonyl (C=O) groups is 1. The molecule has 2 aromatic rings. The van der Waals surface area contributed by atoms with E-state index < -0.39 is 8.32 Å². The molecule has 0 fully saturated rings. The summed E-state index contributed by atoms with van der Waals surface area (Å²) in [4.78, 5) is 12.0. The summed E-state index contributed by atoms with van der Waals surface area (Å²) < 4.78 is 19.4. The molecular weight excluding hydrogens is 358 g/mol. The third kappa shape index (κ3) is 3.82. The zero-order valence-electron chi connectivity index (χ0n) is 17.1. The van der Waals surface area contributed by atoms with E-state index in [-0.39, 0.29) is 11.0 Å². The number of benzene rings is 1. The highest BCUT2D eigenvalue weighted by molar-refractivity contribution is 6.74. The van der Waals surface area contributed by atoms with Crippen molar-refractivity contribution in [2.75, 3.05) is 13.7 Å². The third-order valence-corrected chi connectivity index (χ3v) is 10.1. The predicted molar refractivity (Wildman–Crippen MR) is 109 cm³/mol. The largest absolute Gasteiger partial charge is 0.491 e. The van der Waals surface area contributed by atoms with Gasteiger partial charge in [0.15, 0.2) is 8.32 Å². The van der Waals surface area contributed by atoms with Gasteiger partial charge in [-0.15, -0.1) is 0 Å². The number of methoxy groups -OCH3 is 1. The Hall–Kier alpha value is -2.05. The molecule has 146 valence electrons. The van der Waals surface area contributed by atoms with Crippen molar-refractivity contribution in [3.8, 4) is 17.0 Å². The maximum absolute atomic E-state index is 12.0. The fourth-order valence-electron chi connectivity index (χ4n) is 2.97. The Labute approximate surface area is 162 Å². The maximum Gasteiger partial charge on any atom is 0.339 e. The van der Waals surface area contributed by atoms with Gasteiger partial charge in [0.1, 0.15) is 12.4 Å². The lowest BCUT2D eigenvalue weighted by Crippen LogP contribution is -2.40. The van der Waals surface area contributed by atoms with Crippen LogP contribution in [0.15, 0.2) is 30.5 Å². The van der Waals surface area contributed by atoms with Crippen LogP contribution in [0.1, 0.15) is 36.7 Å². The van der Waals surface area contributed by atoms with Crippen molar-refractivity contribution in [3.05, 3.63) is 41.6 Å². The first-order chi connectivity index (χ1) is 12.6. The molecule has 0 saturated carbocycles. The van der Waals surface area contributed by atoms with Crippen LogP contribution in [0.25, 0.3) is 11.3 Å². The molecule has 0 radical (unpaired) electrons. The summed E-state index contributed by atoms with van der Waals surface area (Å²) in [6.07, 6.45) is 1.84. The second-order valence-corrected chi connectivity index (χ2v) is 13.3. The van der Waals surface area contributed by atoms with E-state index in [0.717, 1.165) is 22.6 Å². The van der Waals surface area contributed by atoms with Gasteiger partial charge in [-0.1, -0.05) is 32.9 Å². The molecule has 0 saturated heterocycles. The highest BCUT2D eigenvalue weighted by Crippen LogP contribution is 2.40. The fourth-order valence-corrected chi connectivity index (χ4v) is 3.92. The van der Waals surface area contributed by atoms with Crippen molar-refractivity contribution >= 4 is 14.3 Å². The molecule has 1 aliphatic heterocycles. The van der Waals surface area contributed by atoms with E-state index in [1.165, 1.54) is 7.11 Å². The van der Waals surface area contributed by atoms with Crippen LogP contribution < -0.4 is 4.74 Å². The monoisotopic (exact) mass is 387 g/mol. The van der Waals surface area contributed by atoms with Crippen molar-refractivity contribution < 1.29 is 18.7 Å². The number of fused-ring (bicyclic) bond motifs is 3. The van der Waals surface area contributed by atoms with Crippen LogP contribution in [0.2, 0.25) is 18.1 Å². The van der Waals surface area contributed by atoms with E-state index in [2.05, 4.69) is 44.5 Å². The molecule has 2 heterocycles. The molecule has 0 spiro atoms. The number of rotatable bonds is 4. The van der Waals surface area contributed by atoms with Crippen LogP contribution in [0, 0.1) is 0 Å². The Bertz CT molecular complexity index is 848. The van der Waals surface area contributed by atoms with E-state index in [1.54, 1.807) is 0 Å². The summed E-state index contributed by atoms with van der Waals surface area (Å²) in [7, 11) is -0.474. The molecule has 0 N–H and O–H groups in total. The summed E-state index contributed by atoms with van der Waals surface area (Å²) >= 11 is 0. The second-order valence-electron chi connectivity index (χ2n) is 8.49. The van der Waals surface area contributed by atoms with Crippen LogP contribution in [0.3, 0.4) is 0 Å². The Morgan fingerprint density at radius 3 is 2.70 bits per heavy atom. The standard InChI is InChI=1S/C21H29NO4Si/c1-21(2,3)27(5,6)26-14-15-8-7-9-18-19(15)17-12-16(20(23)24-4)13-22(17)10-11-25-18/h7-9,12-13H,10-11,14H2,1-6H3. The van der Waals surface area contributed by atoms with Gasteiger partial charge in [-0.25, -0.2) is 4.79 Å². The minimum Gasteiger partial charge on any atom is -0.491 e. The number of esters is 1. The maximum atomic E-state index is 12.0. The first-order valence-corrected chi connectivity index (χ1v) is 12.2. The molecule has 3 rings (SSSR count). The minimum absolute atomic E-state index is 0.146. The highest BCUT2D eigenvalue weighted by Gasteiger charge is 2.37. The zero-order valence-corrected chi connectivity index (χ0v) is 18.1. The Morgan fingerprint density at radius 2 is 2.04 bits per heavy atom. The van der Waals surface area contributed by atoms with E-state index in [9.17, 15) is 4.79 Å². The number of aromatic nitrogens is 1. The predicted octanol–water partition coefficient (Wildman–Crippen LogP) is 4.86. The van der Waals surface area contributed by atoms with Gasteiger partial charge in [-0.2, -0.15) is 0 Å². The van der Waals surface area contributed by atoms with Crippen molar-refractivity contribution in [1.82, 2.24) is 4.57 Å². The Kier molecular flexibility index (Phi) is 5.23. The van der Waals surface area contributed by atoms with Crippen molar-refractivity contribution in [1.29, 1.82) is 0 Å². The number of carbonyl (C=O) groups excluding carboxylic acids is 1. The van der Waals surface area contributed by atoms with Gasteiger partial charge in [-0.3, -0.25) is 0 Å². The molecule has 1 aliphatic rings. The summed E-state index contributed by atoms with van der Waals surface area (Å²) in [5.41, 5.74) is 3.61. The molecule has 0 bridgehead atoms. The van der Waals surface area contributed by atoms with Crippen molar-refractivity contribution in [2.45, 2.75) is 52.1 Å². The summed E-state index contributed by atoms with van der Waals surface area (Å²) in [6.45, 7) is 13.0. The van der Waals surface area contributed by atoms with Gasteiger partial charge in [0, 0.05) is 11.8 Å². The first kappa shape index (κ1) is 19.7. The van der Waals surface area contributed by atoms with Crippen LogP contribution >= 0.6 is 0 Å². The molecule has 1 aromatic heterocycles. The average Bonchev–Trinajstić information content (AvgIpc) is 2.94. The molecule has 0 atom stereocenters. The zero-order chi connectivity index (χ0) is 19.8. The van der Waals surface area contributed by atoms with Gasteiger partial charge < -0.3 is 18.5 Å². The molecule has 1 aromatic carbocycles. The average molecular weight is 388 g/mol. The van der Waals surface area contributed by atoms with E-state index >= 15 is 0 Å². The topological polar surface area (TPSA) is 49.7 Å². The molecule has 27 heavy (non-hydrogen) atoms. The van der Waals surface area contributed by atoms with E-state index in [4.69, 9.17) is 13.9 Å². The van der Waals surface area contributed by atoms with E-state index in [0.29, 0.717) is 25.3 Å². The molecule has 5 nitrogen and oxygen atoms in total. The summed E-state index contributed by atoms with van der Waals surface area (Å²) in [5.74, 6) is 0.507. The van der Waals surface area contributed by atoms with Crippen LogP contribution in [-0.2, 0) is 22.3 Å². The second kappa shape index (κ2) is 7.17. The number of hydrogen-bond acceptors (Lipinski definition) is 4. The lowest BCUT2D eigenvalue weighted by Gasteiger charge is -2.36. The van der Waals surface area contributed by atoms with Crippen LogP contribution in [0.5, 0.6) is 5.75 Å². The molecule has 6 heteroatoms. The van der Waals surface area contributed by atoms with Crippen LogP contribution in [0.4, 0.5) is 0 Å². The first-order valence-electron chi connectivity index (χ1n) is 9.31. The minimum atomic E-state index is -1.88.